The van der Waals surface area contributed by atoms with Crippen LogP contribution in [0.5, 0.6) is 5.75 Å². The molecule has 6 heteroatoms. The van der Waals surface area contributed by atoms with E-state index in [4.69, 9.17) is 26.3 Å². The van der Waals surface area contributed by atoms with Gasteiger partial charge >= 0.3 is 5.97 Å². The molecule has 22 heavy (non-hydrogen) atoms. The van der Waals surface area contributed by atoms with Gasteiger partial charge in [-0.1, -0.05) is 27.5 Å². The van der Waals surface area contributed by atoms with E-state index in [0.29, 0.717) is 21.9 Å². The number of ether oxygens (including phenoxy) is 2. The molecule has 0 heterocycles. The highest BCUT2D eigenvalue weighted by Gasteiger charge is 2.12. The van der Waals surface area contributed by atoms with E-state index in [-0.39, 0.29) is 13.2 Å². The van der Waals surface area contributed by atoms with Gasteiger partial charge in [0.2, 0.25) is 0 Å². The molecule has 2 aromatic rings. The molecule has 112 valence electrons. The molecule has 0 saturated heterocycles. The van der Waals surface area contributed by atoms with Gasteiger partial charge in [0.25, 0.3) is 0 Å². The average Bonchev–Trinajstić information content (AvgIpc) is 2.54. The largest absolute Gasteiger partial charge is 0.490 e. The molecule has 0 spiro atoms. The van der Waals surface area contributed by atoms with E-state index in [1.807, 2.05) is 6.07 Å². The van der Waals surface area contributed by atoms with Crippen molar-refractivity contribution < 1.29 is 14.3 Å². The molecule has 2 aromatic carbocycles. The second-order valence-electron chi connectivity index (χ2n) is 4.24. The number of halogens is 2. The number of benzene rings is 2. The van der Waals surface area contributed by atoms with E-state index in [1.54, 1.807) is 42.5 Å². The third-order valence-electron chi connectivity index (χ3n) is 2.72. The molecule has 2 rings (SSSR count). The van der Waals surface area contributed by atoms with E-state index < -0.39 is 5.97 Å². The van der Waals surface area contributed by atoms with E-state index in [9.17, 15) is 4.79 Å². The number of hydrogen-bond acceptors (Lipinski definition) is 4. The molecular formula is C16H11BrClNO3. The molecule has 0 aliphatic carbocycles. The smallest absolute Gasteiger partial charge is 0.339 e. The molecule has 0 radical (unpaired) electrons. The first-order valence-electron chi connectivity index (χ1n) is 6.35. The Kier molecular flexibility index (Phi) is 5.82. The maximum atomic E-state index is 11.9. The van der Waals surface area contributed by atoms with Gasteiger partial charge in [-0.25, -0.2) is 4.79 Å². The summed E-state index contributed by atoms with van der Waals surface area (Å²) in [5.41, 5.74) is 0.859. The number of hydrogen-bond donors (Lipinski definition) is 0. The Morgan fingerprint density at radius 3 is 2.59 bits per heavy atom. The summed E-state index contributed by atoms with van der Waals surface area (Å²) in [7, 11) is 0. The van der Waals surface area contributed by atoms with Crippen molar-refractivity contribution >= 4 is 33.5 Å². The molecule has 0 N–H and O–H groups in total. The first-order valence-corrected chi connectivity index (χ1v) is 7.52. The van der Waals surface area contributed by atoms with Crippen LogP contribution in [-0.4, -0.2) is 19.2 Å². The molecule has 0 saturated carbocycles. The molecule has 0 aliphatic heterocycles. The fraction of sp³-hybridized carbons (Fsp3) is 0.125. The van der Waals surface area contributed by atoms with Crippen molar-refractivity contribution in [3.63, 3.8) is 0 Å². The lowest BCUT2D eigenvalue weighted by Gasteiger charge is -2.08. The third-order valence-corrected chi connectivity index (χ3v) is 3.54. The Hall–Kier alpha value is -2.03. The van der Waals surface area contributed by atoms with E-state index in [1.165, 1.54) is 0 Å². The predicted octanol–water partition coefficient (Wildman–Crippen LogP) is 4.21. The molecule has 0 fully saturated rings. The molecule has 4 nitrogen and oxygen atoms in total. The minimum absolute atomic E-state index is 0.0989. The lowest BCUT2D eigenvalue weighted by Crippen LogP contribution is -2.12. The minimum Gasteiger partial charge on any atom is -0.490 e. The van der Waals surface area contributed by atoms with Crippen LogP contribution in [0.15, 0.2) is 46.9 Å². The summed E-state index contributed by atoms with van der Waals surface area (Å²) < 4.78 is 11.3. The van der Waals surface area contributed by atoms with Crippen molar-refractivity contribution in [2.45, 2.75) is 0 Å². The van der Waals surface area contributed by atoms with Gasteiger partial charge in [-0.15, -0.1) is 0 Å². The quantitative estimate of drug-likeness (QED) is 0.576. The van der Waals surface area contributed by atoms with Gasteiger partial charge in [0, 0.05) is 4.47 Å². The van der Waals surface area contributed by atoms with Crippen molar-refractivity contribution in [2.24, 2.45) is 0 Å². The Morgan fingerprint density at radius 1 is 1.18 bits per heavy atom. The highest BCUT2D eigenvalue weighted by atomic mass is 79.9. The van der Waals surface area contributed by atoms with Crippen LogP contribution in [0.1, 0.15) is 15.9 Å². The van der Waals surface area contributed by atoms with Crippen LogP contribution in [0.3, 0.4) is 0 Å². The number of carbonyl (C=O) groups is 1. The first-order chi connectivity index (χ1) is 10.6. The summed E-state index contributed by atoms with van der Waals surface area (Å²) in [5.74, 6) is 0.102. The molecule has 0 amide bonds. The zero-order chi connectivity index (χ0) is 15.9. The van der Waals surface area contributed by atoms with Gasteiger partial charge in [0.15, 0.2) is 0 Å². The zero-order valence-electron chi connectivity index (χ0n) is 11.4. The van der Waals surface area contributed by atoms with Crippen LogP contribution < -0.4 is 4.74 Å². The number of nitrogens with zero attached hydrogens (tertiary/aromatic N) is 1. The van der Waals surface area contributed by atoms with E-state index in [0.717, 1.165) is 4.47 Å². The minimum atomic E-state index is -0.505. The number of carbonyl (C=O) groups excluding carboxylic acids is 1. The lowest BCUT2D eigenvalue weighted by molar-refractivity contribution is 0.0450. The van der Waals surface area contributed by atoms with Crippen LogP contribution in [0.4, 0.5) is 0 Å². The average molecular weight is 381 g/mol. The molecule has 0 aromatic heterocycles. The highest BCUT2D eigenvalue weighted by Crippen LogP contribution is 2.21. The number of nitriles is 1. The zero-order valence-corrected chi connectivity index (χ0v) is 13.7. The van der Waals surface area contributed by atoms with Gasteiger partial charge in [0.05, 0.1) is 22.2 Å². The predicted molar refractivity (Wildman–Crippen MR) is 86.1 cm³/mol. The van der Waals surface area contributed by atoms with Crippen molar-refractivity contribution in [2.75, 3.05) is 13.2 Å². The summed E-state index contributed by atoms with van der Waals surface area (Å²) in [4.78, 5) is 11.9. The highest BCUT2D eigenvalue weighted by molar-refractivity contribution is 9.10. The van der Waals surface area contributed by atoms with Crippen LogP contribution >= 0.6 is 27.5 Å². The van der Waals surface area contributed by atoms with E-state index in [2.05, 4.69) is 15.9 Å². The summed E-state index contributed by atoms with van der Waals surface area (Å²) in [6.45, 7) is 0.310. The summed E-state index contributed by atoms with van der Waals surface area (Å²) in [6.07, 6.45) is 0. The van der Waals surface area contributed by atoms with Crippen molar-refractivity contribution in [1.82, 2.24) is 0 Å². The van der Waals surface area contributed by atoms with Gasteiger partial charge < -0.3 is 9.47 Å². The van der Waals surface area contributed by atoms with Crippen molar-refractivity contribution in [3.8, 4) is 11.8 Å². The Labute approximate surface area is 141 Å². The molecule has 0 unspecified atom stereocenters. The second-order valence-corrected chi connectivity index (χ2v) is 5.57. The van der Waals surface area contributed by atoms with Gasteiger partial charge in [0.1, 0.15) is 19.0 Å². The van der Waals surface area contributed by atoms with Gasteiger partial charge in [-0.05, 0) is 42.5 Å². The Balaban J connectivity index is 1.82. The maximum absolute atomic E-state index is 11.9. The fourth-order valence-electron chi connectivity index (χ4n) is 1.65. The van der Waals surface area contributed by atoms with Crippen LogP contribution in [0.25, 0.3) is 0 Å². The lowest BCUT2D eigenvalue weighted by atomic mass is 10.2. The molecular weight excluding hydrogens is 370 g/mol. The van der Waals surface area contributed by atoms with Gasteiger partial charge in [-0.3, -0.25) is 0 Å². The first kappa shape index (κ1) is 16.3. The summed E-state index contributed by atoms with van der Waals surface area (Å²) in [5, 5.41) is 9.03. The topological polar surface area (TPSA) is 59.3 Å². The fourth-order valence-corrected chi connectivity index (χ4v) is 2.21. The van der Waals surface area contributed by atoms with Crippen LogP contribution in [-0.2, 0) is 4.74 Å². The summed E-state index contributed by atoms with van der Waals surface area (Å²) in [6, 6.07) is 13.7. The second kappa shape index (κ2) is 7.83. The maximum Gasteiger partial charge on any atom is 0.339 e. The van der Waals surface area contributed by atoms with E-state index >= 15 is 0 Å². The van der Waals surface area contributed by atoms with Crippen LogP contribution in [0.2, 0.25) is 5.02 Å². The van der Waals surface area contributed by atoms with Crippen molar-refractivity contribution in [3.05, 3.63) is 63.1 Å². The number of rotatable bonds is 5. The van der Waals surface area contributed by atoms with Gasteiger partial charge in [-0.2, -0.15) is 5.26 Å². The standard InChI is InChI=1S/C16H11BrClNO3/c17-12-3-6-15(18)14(9-12)16(20)22-8-7-21-13-4-1-11(10-19)2-5-13/h1-6,9H,7-8H2. The normalized spacial score (nSPS) is 9.86. The number of esters is 1. The van der Waals surface area contributed by atoms with Crippen LogP contribution in [0, 0.1) is 11.3 Å². The summed E-state index contributed by atoms with van der Waals surface area (Å²) >= 11 is 9.22. The molecule has 0 aliphatic rings. The Bertz CT molecular complexity index is 710. The molecule has 0 atom stereocenters. The van der Waals surface area contributed by atoms with Crippen molar-refractivity contribution in [1.29, 1.82) is 5.26 Å². The third kappa shape index (κ3) is 4.48. The molecule has 0 bridgehead atoms. The Morgan fingerprint density at radius 2 is 1.91 bits per heavy atom. The SMILES string of the molecule is N#Cc1ccc(OCCOC(=O)c2cc(Br)ccc2Cl)cc1. The monoisotopic (exact) mass is 379 g/mol.